The minimum atomic E-state index is -0.738. The van der Waals surface area contributed by atoms with E-state index in [-0.39, 0.29) is 17.2 Å². The number of piperidine rings is 1. The lowest BCUT2D eigenvalue weighted by atomic mass is 9.72. The molecule has 2 aliphatic rings. The number of nitrogens with two attached hydrogens (primary N) is 1. The van der Waals surface area contributed by atoms with Gasteiger partial charge < -0.3 is 15.7 Å². The van der Waals surface area contributed by atoms with Crippen LogP contribution in [0.2, 0.25) is 0 Å². The predicted molar refractivity (Wildman–Crippen MR) is 71.5 cm³/mol. The van der Waals surface area contributed by atoms with E-state index in [0.29, 0.717) is 32.5 Å². The first-order valence-electron chi connectivity index (χ1n) is 7.31. The van der Waals surface area contributed by atoms with Crippen LogP contribution >= 0.6 is 0 Å². The minimum absolute atomic E-state index is 0.165. The van der Waals surface area contributed by atoms with E-state index in [4.69, 9.17) is 10.8 Å². The summed E-state index contributed by atoms with van der Waals surface area (Å²) >= 11 is 0. The summed E-state index contributed by atoms with van der Waals surface area (Å²) in [5.74, 6) is -0.860. The van der Waals surface area contributed by atoms with Gasteiger partial charge >= 0.3 is 5.97 Å². The van der Waals surface area contributed by atoms with Crippen molar-refractivity contribution in [3.63, 3.8) is 0 Å². The maximum Gasteiger partial charge on any atom is 0.306 e. The molecule has 1 aliphatic heterocycles. The molecule has 0 unspecified atom stereocenters. The van der Waals surface area contributed by atoms with E-state index in [1.54, 1.807) is 0 Å². The third-order valence-corrected chi connectivity index (χ3v) is 4.79. The SMILES string of the molecule is NCC1(C(=O)N2CCC(C(=O)O)CC2)CCCCC1. The fourth-order valence-corrected chi connectivity index (χ4v) is 3.40. The molecule has 0 aromatic heterocycles. The molecule has 0 bridgehead atoms. The lowest BCUT2D eigenvalue weighted by Gasteiger charge is -2.41. The molecule has 19 heavy (non-hydrogen) atoms. The number of aliphatic carboxylic acids is 1. The van der Waals surface area contributed by atoms with E-state index in [9.17, 15) is 9.59 Å². The van der Waals surface area contributed by atoms with Gasteiger partial charge in [0.1, 0.15) is 0 Å². The van der Waals surface area contributed by atoms with Crippen molar-refractivity contribution < 1.29 is 14.7 Å². The Balaban J connectivity index is 1.98. The summed E-state index contributed by atoms with van der Waals surface area (Å²) in [6.45, 7) is 1.56. The number of carboxylic acids is 1. The van der Waals surface area contributed by atoms with E-state index >= 15 is 0 Å². The Hall–Kier alpha value is -1.10. The van der Waals surface area contributed by atoms with Crippen LogP contribution in [-0.2, 0) is 9.59 Å². The molecule has 1 heterocycles. The molecule has 2 fully saturated rings. The first kappa shape index (κ1) is 14.3. The minimum Gasteiger partial charge on any atom is -0.481 e. The van der Waals surface area contributed by atoms with Gasteiger partial charge in [-0.3, -0.25) is 9.59 Å². The average Bonchev–Trinajstić information content (AvgIpc) is 2.47. The number of hydrogen-bond acceptors (Lipinski definition) is 3. The fraction of sp³-hybridized carbons (Fsp3) is 0.857. The zero-order valence-electron chi connectivity index (χ0n) is 11.4. The first-order chi connectivity index (χ1) is 9.09. The third kappa shape index (κ3) is 2.91. The van der Waals surface area contributed by atoms with Crippen molar-refractivity contribution in [1.82, 2.24) is 4.90 Å². The van der Waals surface area contributed by atoms with Crippen molar-refractivity contribution in [1.29, 1.82) is 0 Å². The van der Waals surface area contributed by atoms with Gasteiger partial charge in [-0.25, -0.2) is 0 Å². The molecule has 5 heteroatoms. The molecule has 3 N–H and O–H groups in total. The first-order valence-corrected chi connectivity index (χ1v) is 7.31. The van der Waals surface area contributed by atoms with E-state index in [1.165, 1.54) is 6.42 Å². The second kappa shape index (κ2) is 5.90. The van der Waals surface area contributed by atoms with Gasteiger partial charge in [0.15, 0.2) is 0 Å². The Morgan fingerprint density at radius 2 is 1.74 bits per heavy atom. The van der Waals surface area contributed by atoms with Crippen molar-refractivity contribution in [2.75, 3.05) is 19.6 Å². The number of rotatable bonds is 3. The molecule has 0 aromatic rings. The normalized spacial score (nSPS) is 24.2. The molecule has 1 amide bonds. The molecule has 108 valence electrons. The van der Waals surface area contributed by atoms with Gasteiger partial charge in [-0.1, -0.05) is 19.3 Å². The summed E-state index contributed by atoms with van der Waals surface area (Å²) in [6, 6.07) is 0. The highest BCUT2D eigenvalue weighted by Crippen LogP contribution is 2.37. The Kier molecular flexibility index (Phi) is 4.45. The predicted octanol–water partition coefficient (Wildman–Crippen LogP) is 1.22. The number of carboxylic acid groups (broad SMARTS) is 1. The van der Waals surface area contributed by atoms with E-state index in [2.05, 4.69) is 0 Å². The van der Waals surface area contributed by atoms with Gasteiger partial charge in [0.05, 0.1) is 11.3 Å². The highest BCUT2D eigenvalue weighted by atomic mass is 16.4. The molecule has 2 rings (SSSR count). The van der Waals surface area contributed by atoms with E-state index in [1.807, 2.05) is 4.90 Å². The second-order valence-electron chi connectivity index (χ2n) is 5.95. The molecular formula is C14H24N2O3. The van der Waals surface area contributed by atoms with Gasteiger partial charge in [-0.15, -0.1) is 0 Å². The molecule has 0 atom stereocenters. The number of amides is 1. The summed E-state index contributed by atoms with van der Waals surface area (Å²) in [7, 11) is 0. The quantitative estimate of drug-likeness (QED) is 0.806. The van der Waals surface area contributed by atoms with Gasteiger partial charge in [0.25, 0.3) is 0 Å². The van der Waals surface area contributed by atoms with Crippen molar-refractivity contribution >= 4 is 11.9 Å². The third-order valence-electron chi connectivity index (χ3n) is 4.79. The number of carbonyl (C=O) groups is 2. The Morgan fingerprint density at radius 1 is 1.16 bits per heavy atom. The van der Waals surface area contributed by atoms with Crippen LogP contribution in [0.4, 0.5) is 0 Å². The van der Waals surface area contributed by atoms with Crippen molar-refractivity contribution in [3.05, 3.63) is 0 Å². The second-order valence-corrected chi connectivity index (χ2v) is 5.95. The van der Waals surface area contributed by atoms with Crippen LogP contribution in [0.25, 0.3) is 0 Å². The van der Waals surface area contributed by atoms with Crippen LogP contribution in [0.15, 0.2) is 0 Å². The Bertz CT molecular complexity index is 343. The standard InChI is InChI=1S/C14H24N2O3/c15-10-14(6-2-1-3-7-14)13(19)16-8-4-11(5-9-16)12(17)18/h11H,1-10,15H2,(H,17,18). The van der Waals surface area contributed by atoms with E-state index < -0.39 is 5.97 Å². The zero-order chi connectivity index (χ0) is 13.9. The van der Waals surface area contributed by atoms with Gasteiger partial charge in [0, 0.05) is 19.6 Å². The van der Waals surface area contributed by atoms with Crippen molar-refractivity contribution in [2.45, 2.75) is 44.9 Å². The Labute approximate surface area is 114 Å². The van der Waals surface area contributed by atoms with Crippen LogP contribution in [0.1, 0.15) is 44.9 Å². The number of carbonyl (C=O) groups excluding carboxylic acids is 1. The monoisotopic (exact) mass is 268 g/mol. The molecule has 0 radical (unpaired) electrons. The van der Waals surface area contributed by atoms with Crippen LogP contribution in [-0.4, -0.2) is 41.5 Å². The molecule has 5 nitrogen and oxygen atoms in total. The summed E-state index contributed by atoms with van der Waals surface area (Å²) in [5.41, 5.74) is 5.51. The fourth-order valence-electron chi connectivity index (χ4n) is 3.40. The lowest BCUT2D eigenvalue weighted by molar-refractivity contribution is -0.150. The zero-order valence-corrected chi connectivity index (χ0v) is 11.4. The van der Waals surface area contributed by atoms with Gasteiger partial charge in [-0.05, 0) is 25.7 Å². The van der Waals surface area contributed by atoms with Crippen LogP contribution in [0.5, 0.6) is 0 Å². The Morgan fingerprint density at radius 3 is 2.21 bits per heavy atom. The number of nitrogens with zero attached hydrogens (tertiary/aromatic N) is 1. The molecule has 0 aromatic carbocycles. The average molecular weight is 268 g/mol. The van der Waals surface area contributed by atoms with Crippen LogP contribution in [0, 0.1) is 11.3 Å². The summed E-state index contributed by atoms with van der Waals surface area (Å²) in [6.07, 6.45) is 6.27. The summed E-state index contributed by atoms with van der Waals surface area (Å²) in [5, 5.41) is 8.99. The highest BCUT2D eigenvalue weighted by Gasteiger charge is 2.42. The maximum absolute atomic E-state index is 12.7. The van der Waals surface area contributed by atoms with Crippen molar-refractivity contribution in [2.24, 2.45) is 17.1 Å². The topological polar surface area (TPSA) is 83.6 Å². The summed E-state index contributed by atoms with van der Waals surface area (Å²) in [4.78, 5) is 25.5. The van der Waals surface area contributed by atoms with Gasteiger partial charge in [-0.2, -0.15) is 0 Å². The maximum atomic E-state index is 12.7. The van der Waals surface area contributed by atoms with E-state index in [0.717, 1.165) is 25.7 Å². The number of hydrogen-bond donors (Lipinski definition) is 2. The highest BCUT2D eigenvalue weighted by molar-refractivity contribution is 5.83. The smallest absolute Gasteiger partial charge is 0.306 e. The lowest BCUT2D eigenvalue weighted by Crippen LogP contribution is -2.51. The molecule has 1 saturated carbocycles. The summed E-state index contributed by atoms with van der Waals surface area (Å²) < 4.78 is 0. The largest absolute Gasteiger partial charge is 0.481 e. The van der Waals surface area contributed by atoms with Crippen LogP contribution in [0.3, 0.4) is 0 Å². The van der Waals surface area contributed by atoms with Crippen molar-refractivity contribution in [3.8, 4) is 0 Å². The van der Waals surface area contributed by atoms with Gasteiger partial charge in [0.2, 0.25) is 5.91 Å². The van der Waals surface area contributed by atoms with Crippen LogP contribution < -0.4 is 5.73 Å². The number of likely N-dealkylation sites (tertiary alicyclic amines) is 1. The molecule has 1 saturated heterocycles. The molecular weight excluding hydrogens is 244 g/mol. The molecule has 0 spiro atoms. The molecule has 1 aliphatic carbocycles.